The fourth-order valence-corrected chi connectivity index (χ4v) is 3.37. The highest BCUT2D eigenvalue weighted by Crippen LogP contribution is 2.22. The second-order valence-electron chi connectivity index (χ2n) is 6.46. The first-order valence-electron chi connectivity index (χ1n) is 8.79. The number of rotatable bonds is 5. The van der Waals surface area contributed by atoms with Gasteiger partial charge in [-0.05, 0) is 42.4 Å². The number of thiocarbonyl (C=S) groups is 1. The van der Waals surface area contributed by atoms with E-state index in [-0.39, 0.29) is 6.10 Å². The zero-order valence-electron chi connectivity index (χ0n) is 14.9. The first-order valence-corrected chi connectivity index (χ1v) is 9.58. The van der Waals surface area contributed by atoms with Crippen molar-refractivity contribution in [2.45, 2.75) is 19.6 Å². The quantitative estimate of drug-likeness (QED) is 0.760. The van der Waals surface area contributed by atoms with Crippen LogP contribution in [0, 0.1) is 6.92 Å². The van der Waals surface area contributed by atoms with Gasteiger partial charge in [-0.3, -0.25) is 4.90 Å². The van der Waals surface area contributed by atoms with Crippen molar-refractivity contribution >= 4 is 34.6 Å². The molecule has 1 atom stereocenters. The van der Waals surface area contributed by atoms with Crippen LogP contribution in [0.1, 0.15) is 11.1 Å². The lowest BCUT2D eigenvalue weighted by atomic mass is 10.2. The zero-order valence-corrected chi connectivity index (χ0v) is 16.4. The molecule has 2 N–H and O–H groups in total. The zero-order chi connectivity index (χ0) is 18.4. The number of hydrogen-bond acceptors (Lipinski definition) is 3. The van der Waals surface area contributed by atoms with Crippen molar-refractivity contribution in [3.8, 4) is 0 Å². The average molecular weight is 390 g/mol. The van der Waals surface area contributed by atoms with Gasteiger partial charge in [-0.2, -0.15) is 0 Å². The molecule has 2 aromatic carbocycles. The lowest BCUT2D eigenvalue weighted by Gasteiger charge is -2.33. The van der Waals surface area contributed by atoms with Gasteiger partial charge in [0.2, 0.25) is 0 Å². The van der Waals surface area contributed by atoms with Crippen LogP contribution in [0.15, 0.2) is 48.5 Å². The van der Waals surface area contributed by atoms with Gasteiger partial charge in [0.25, 0.3) is 0 Å². The molecule has 0 amide bonds. The molecule has 1 fully saturated rings. The first-order chi connectivity index (χ1) is 12.6. The second kappa shape index (κ2) is 9.33. The summed E-state index contributed by atoms with van der Waals surface area (Å²) in [6.07, 6.45) is 0.118. The maximum atomic E-state index is 6.15. The van der Waals surface area contributed by atoms with Crippen LogP contribution in [0.3, 0.4) is 0 Å². The molecule has 26 heavy (non-hydrogen) atoms. The molecule has 138 valence electrons. The SMILES string of the molecule is Cc1c(Cl)cccc1NC(=S)NC[C@H]1CN(Cc2ccccc2)CCO1. The van der Waals surface area contributed by atoms with Crippen LogP contribution < -0.4 is 10.6 Å². The number of morpholine rings is 1. The van der Waals surface area contributed by atoms with Gasteiger partial charge in [0.05, 0.1) is 12.7 Å². The Balaban J connectivity index is 1.46. The minimum atomic E-state index is 0.118. The van der Waals surface area contributed by atoms with Gasteiger partial charge in [0, 0.05) is 36.9 Å². The lowest BCUT2D eigenvalue weighted by Crippen LogP contribution is -2.47. The van der Waals surface area contributed by atoms with E-state index in [0.29, 0.717) is 11.7 Å². The van der Waals surface area contributed by atoms with E-state index in [1.165, 1.54) is 5.56 Å². The Morgan fingerprint density at radius 3 is 2.85 bits per heavy atom. The predicted octanol–water partition coefficient (Wildman–Crippen LogP) is 3.84. The Morgan fingerprint density at radius 2 is 2.04 bits per heavy atom. The molecule has 1 saturated heterocycles. The van der Waals surface area contributed by atoms with Gasteiger partial charge >= 0.3 is 0 Å². The Kier molecular flexibility index (Phi) is 6.86. The largest absolute Gasteiger partial charge is 0.374 e. The van der Waals surface area contributed by atoms with Gasteiger partial charge in [-0.25, -0.2) is 0 Å². The maximum Gasteiger partial charge on any atom is 0.170 e. The normalized spacial score (nSPS) is 17.7. The predicted molar refractivity (Wildman–Crippen MR) is 112 cm³/mol. The van der Waals surface area contributed by atoms with E-state index in [2.05, 4.69) is 39.8 Å². The van der Waals surface area contributed by atoms with E-state index in [1.54, 1.807) is 0 Å². The Bertz CT molecular complexity index is 741. The summed E-state index contributed by atoms with van der Waals surface area (Å²) in [6.45, 7) is 6.18. The fourth-order valence-electron chi connectivity index (χ4n) is 3.01. The van der Waals surface area contributed by atoms with Gasteiger partial charge in [-0.1, -0.05) is 48.0 Å². The molecule has 0 spiro atoms. The van der Waals surface area contributed by atoms with Crippen LogP contribution in [0.25, 0.3) is 0 Å². The fraction of sp³-hybridized carbons (Fsp3) is 0.350. The van der Waals surface area contributed by atoms with Crippen molar-refractivity contribution in [1.29, 1.82) is 0 Å². The van der Waals surface area contributed by atoms with Crippen molar-refractivity contribution in [3.63, 3.8) is 0 Å². The van der Waals surface area contributed by atoms with Crippen LogP contribution in [-0.4, -0.2) is 42.4 Å². The van der Waals surface area contributed by atoms with Crippen molar-refractivity contribution in [3.05, 3.63) is 64.7 Å². The molecule has 0 radical (unpaired) electrons. The highest BCUT2D eigenvalue weighted by atomic mass is 35.5. The molecule has 0 bridgehead atoms. The van der Waals surface area contributed by atoms with Crippen molar-refractivity contribution in [1.82, 2.24) is 10.2 Å². The van der Waals surface area contributed by atoms with Crippen LogP contribution in [0.2, 0.25) is 5.02 Å². The molecule has 6 heteroatoms. The Hall–Kier alpha value is -1.66. The standard InChI is InChI=1S/C20H24ClN3OS/c1-15-18(21)8-5-9-19(15)23-20(26)22-12-17-14-24(10-11-25-17)13-16-6-3-2-4-7-16/h2-9,17H,10-14H2,1H3,(H2,22,23,26)/t17-/m0/s1. The minimum Gasteiger partial charge on any atom is -0.374 e. The van der Waals surface area contributed by atoms with Gasteiger partial charge in [0.1, 0.15) is 0 Å². The summed E-state index contributed by atoms with van der Waals surface area (Å²) in [5.41, 5.74) is 3.24. The van der Waals surface area contributed by atoms with E-state index in [1.807, 2.05) is 31.2 Å². The third kappa shape index (κ3) is 5.42. The van der Waals surface area contributed by atoms with E-state index in [0.717, 1.165) is 42.5 Å². The monoisotopic (exact) mass is 389 g/mol. The number of halogens is 1. The molecule has 0 unspecified atom stereocenters. The summed E-state index contributed by atoms with van der Waals surface area (Å²) in [5, 5.41) is 7.78. The second-order valence-corrected chi connectivity index (χ2v) is 7.28. The Morgan fingerprint density at radius 1 is 1.23 bits per heavy atom. The molecular weight excluding hydrogens is 366 g/mol. The van der Waals surface area contributed by atoms with Crippen molar-refractivity contribution in [2.24, 2.45) is 0 Å². The summed E-state index contributed by atoms with van der Waals surface area (Å²) in [6, 6.07) is 16.3. The van der Waals surface area contributed by atoms with E-state index in [9.17, 15) is 0 Å². The highest BCUT2D eigenvalue weighted by molar-refractivity contribution is 7.80. The number of nitrogens with one attached hydrogen (secondary N) is 2. The van der Waals surface area contributed by atoms with Gasteiger partial charge in [0.15, 0.2) is 5.11 Å². The summed E-state index contributed by atoms with van der Waals surface area (Å²) >= 11 is 11.6. The van der Waals surface area contributed by atoms with E-state index in [4.69, 9.17) is 28.6 Å². The lowest BCUT2D eigenvalue weighted by molar-refractivity contribution is -0.0279. The molecule has 2 aromatic rings. The first kappa shape index (κ1) is 19.1. The van der Waals surface area contributed by atoms with Crippen LogP contribution >= 0.6 is 23.8 Å². The van der Waals surface area contributed by atoms with Crippen molar-refractivity contribution < 1.29 is 4.74 Å². The molecule has 0 saturated carbocycles. The van der Waals surface area contributed by atoms with E-state index >= 15 is 0 Å². The highest BCUT2D eigenvalue weighted by Gasteiger charge is 2.20. The molecular formula is C20H24ClN3OS. The van der Waals surface area contributed by atoms with Gasteiger partial charge in [-0.15, -0.1) is 0 Å². The molecule has 0 aromatic heterocycles. The molecule has 4 nitrogen and oxygen atoms in total. The molecule has 3 rings (SSSR count). The smallest absolute Gasteiger partial charge is 0.170 e. The summed E-state index contributed by atoms with van der Waals surface area (Å²) < 4.78 is 5.88. The summed E-state index contributed by atoms with van der Waals surface area (Å²) in [7, 11) is 0. The average Bonchev–Trinajstić information content (AvgIpc) is 2.65. The van der Waals surface area contributed by atoms with Crippen LogP contribution in [0.4, 0.5) is 5.69 Å². The number of benzene rings is 2. The minimum absolute atomic E-state index is 0.118. The topological polar surface area (TPSA) is 36.5 Å². The molecule has 0 aliphatic carbocycles. The van der Waals surface area contributed by atoms with Crippen molar-refractivity contribution in [2.75, 3.05) is 31.6 Å². The number of anilines is 1. The molecule has 1 heterocycles. The van der Waals surface area contributed by atoms with Gasteiger partial charge < -0.3 is 15.4 Å². The summed E-state index contributed by atoms with van der Waals surface area (Å²) in [4.78, 5) is 2.42. The third-order valence-corrected chi connectivity index (χ3v) is 5.13. The number of hydrogen-bond donors (Lipinski definition) is 2. The maximum absolute atomic E-state index is 6.15. The Labute approximate surface area is 165 Å². The third-order valence-electron chi connectivity index (χ3n) is 4.48. The van der Waals surface area contributed by atoms with Crippen LogP contribution in [0.5, 0.6) is 0 Å². The summed E-state index contributed by atoms with van der Waals surface area (Å²) in [5.74, 6) is 0. The number of ether oxygens (including phenoxy) is 1. The van der Waals surface area contributed by atoms with E-state index < -0.39 is 0 Å². The molecule has 1 aliphatic heterocycles. The van der Waals surface area contributed by atoms with Crippen LogP contribution in [-0.2, 0) is 11.3 Å². The number of nitrogens with zero attached hydrogens (tertiary/aromatic N) is 1. The molecule has 1 aliphatic rings.